The summed E-state index contributed by atoms with van der Waals surface area (Å²) in [6.45, 7) is 4.23. The zero-order chi connectivity index (χ0) is 10.8. The van der Waals surface area contributed by atoms with Crippen molar-refractivity contribution >= 4 is 17.7 Å². The summed E-state index contributed by atoms with van der Waals surface area (Å²) in [5, 5.41) is 0. The van der Waals surface area contributed by atoms with E-state index in [0.717, 1.165) is 12.2 Å². The van der Waals surface area contributed by atoms with Gasteiger partial charge < -0.3 is 4.74 Å². The number of unbranched alkanes of at least 4 members (excludes halogenated alkanes) is 1. The third-order valence-corrected chi connectivity index (χ3v) is 2.49. The molecule has 0 aromatic carbocycles. The van der Waals surface area contributed by atoms with Crippen LogP contribution < -0.4 is 0 Å². The smallest absolute Gasteiger partial charge is 0.315 e. The van der Waals surface area contributed by atoms with E-state index in [1.807, 2.05) is 13.8 Å². The number of carbonyl (C=O) groups is 1. The van der Waals surface area contributed by atoms with E-state index in [0.29, 0.717) is 24.7 Å². The Hall–Kier alpha value is -0.250. The topological polar surface area (TPSA) is 26.3 Å². The van der Waals surface area contributed by atoms with E-state index in [2.05, 4.69) is 0 Å². The van der Waals surface area contributed by atoms with Gasteiger partial charge in [-0.15, -0.1) is 0 Å². The van der Waals surface area contributed by atoms with Crippen LogP contribution in [0.1, 0.15) is 26.7 Å². The van der Waals surface area contributed by atoms with Gasteiger partial charge in [-0.2, -0.15) is 11.8 Å². The quantitative estimate of drug-likeness (QED) is 0.466. The van der Waals surface area contributed by atoms with Crippen molar-refractivity contribution in [1.82, 2.24) is 0 Å². The van der Waals surface area contributed by atoms with Gasteiger partial charge >= 0.3 is 5.97 Å². The monoisotopic (exact) mass is 222 g/mol. The van der Waals surface area contributed by atoms with E-state index >= 15 is 0 Å². The van der Waals surface area contributed by atoms with Gasteiger partial charge in [0.15, 0.2) is 0 Å². The van der Waals surface area contributed by atoms with Gasteiger partial charge in [-0.05, 0) is 24.5 Å². The van der Waals surface area contributed by atoms with Crippen LogP contribution in [0.25, 0.3) is 0 Å². The molecule has 0 aliphatic carbocycles. The number of esters is 1. The van der Waals surface area contributed by atoms with Crippen LogP contribution in [0, 0.1) is 5.92 Å². The van der Waals surface area contributed by atoms with Crippen molar-refractivity contribution in [2.75, 3.05) is 24.8 Å². The average Bonchev–Trinajstić information content (AvgIpc) is 2.14. The van der Waals surface area contributed by atoms with Crippen LogP contribution >= 0.6 is 11.8 Å². The first-order valence-electron chi connectivity index (χ1n) is 4.96. The van der Waals surface area contributed by atoms with Gasteiger partial charge in [-0.25, -0.2) is 0 Å². The minimum Gasteiger partial charge on any atom is -0.465 e. The largest absolute Gasteiger partial charge is 0.465 e. The molecule has 0 heterocycles. The number of halogens is 1. The highest BCUT2D eigenvalue weighted by Crippen LogP contribution is 2.05. The maximum atomic E-state index is 11.7. The zero-order valence-electron chi connectivity index (χ0n) is 8.92. The van der Waals surface area contributed by atoms with Gasteiger partial charge in [0, 0.05) is 0 Å². The predicted octanol–water partition coefficient (Wildman–Crippen LogP) is 2.67. The molecule has 0 spiro atoms. The van der Waals surface area contributed by atoms with Crippen LogP contribution in [0.2, 0.25) is 0 Å². The van der Waals surface area contributed by atoms with Crippen LogP contribution in [0.3, 0.4) is 0 Å². The van der Waals surface area contributed by atoms with Crippen LogP contribution in [0.15, 0.2) is 0 Å². The van der Waals surface area contributed by atoms with Gasteiger partial charge in [-0.3, -0.25) is 9.18 Å². The molecule has 0 radical (unpaired) electrons. The molecule has 0 unspecified atom stereocenters. The molecule has 0 saturated heterocycles. The summed E-state index contributed by atoms with van der Waals surface area (Å²) < 4.78 is 16.7. The van der Waals surface area contributed by atoms with Crippen molar-refractivity contribution in [1.29, 1.82) is 0 Å². The molecule has 0 amide bonds. The average molecular weight is 222 g/mol. The first-order valence-corrected chi connectivity index (χ1v) is 6.11. The molecule has 0 aliphatic heterocycles. The fraction of sp³-hybridized carbons (Fsp3) is 0.900. The highest BCUT2D eigenvalue weighted by atomic mass is 32.2. The summed E-state index contributed by atoms with van der Waals surface area (Å²) in [7, 11) is 0. The second kappa shape index (κ2) is 9.31. The highest BCUT2D eigenvalue weighted by Gasteiger charge is 2.03. The summed E-state index contributed by atoms with van der Waals surface area (Å²) in [6, 6.07) is 0. The SMILES string of the molecule is CC(C)COC(=O)CSCCCCF. The molecule has 2 nitrogen and oxygen atoms in total. The Bertz CT molecular complexity index is 151. The molecule has 14 heavy (non-hydrogen) atoms. The summed E-state index contributed by atoms with van der Waals surface area (Å²) in [4.78, 5) is 11.1. The Morgan fingerprint density at radius 1 is 1.43 bits per heavy atom. The van der Waals surface area contributed by atoms with E-state index in [1.54, 1.807) is 0 Å². The van der Waals surface area contributed by atoms with Crippen molar-refractivity contribution in [2.45, 2.75) is 26.7 Å². The normalized spacial score (nSPS) is 10.6. The van der Waals surface area contributed by atoms with Gasteiger partial charge in [0.05, 0.1) is 19.0 Å². The Kier molecular flexibility index (Phi) is 9.14. The molecule has 0 N–H and O–H groups in total. The van der Waals surface area contributed by atoms with Crippen molar-refractivity contribution in [3.05, 3.63) is 0 Å². The Morgan fingerprint density at radius 3 is 2.71 bits per heavy atom. The van der Waals surface area contributed by atoms with E-state index in [1.165, 1.54) is 11.8 Å². The predicted molar refractivity (Wildman–Crippen MR) is 58.3 cm³/mol. The number of alkyl halides is 1. The third-order valence-electron chi connectivity index (χ3n) is 1.47. The Morgan fingerprint density at radius 2 is 2.14 bits per heavy atom. The number of rotatable bonds is 8. The van der Waals surface area contributed by atoms with Crippen molar-refractivity contribution in [2.24, 2.45) is 5.92 Å². The van der Waals surface area contributed by atoms with E-state index in [4.69, 9.17) is 4.74 Å². The fourth-order valence-electron chi connectivity index (χ4n) is 0.755. The molecule has 4 heteroatoms. The summed E-state index contributed by atoms with van der Waals surface area (Å²) in [5.74, 6) is 1.44. The highest BCUT2D eigenvalue weighted by molar-refractivity contribution is 7.99. The first-order chi connectivity index (χ1) is 6.66. The second-order valence-corrected chi connectivity index (χ2v) is 4.63. The van der Waals surface area contributed by atoms with Gasteiger partial charge in [-0.1, -0.05) is 13.8 Å². The van der Waals surface area contributed by atoms with Crippen LogP contribution in [0.4, 0.5) is 4.39 Å². The van der Waals surface area contributed by atoms with Crippen LogP contribution in [0.5, 0.6) is 0 Å². The number of hydrogen-bond donors (Lipinski definition) is 0. The number of hydrogen-bond acceptors (Lipinski definition) is 3. The lowest BCUT2D eigenvalue weighted by atomic mass is 10.2. The fourth-order valence-corrected chi connectivity index (χ4v) is 1.56. The summed E-state index contributed by atoms with van der Waals surface area (Å²) >= 11 is 1.51. The van der Waals surface area contributed by atoms with Gasteiger partial charge in [0.1, 0.15) is 0 Å². The molecule has 0 saturated carbocycles. The molecule has 84 valence electrons. The molecular weight excluding hydrogens is 203 g/mol. The van der Waals surface area contributed by atoms with Crippen LogP contribution in [-0.2, 0) is 9.53 Å². The van der Waals surface area contributed by atoms with E-state index < -0.39 is 0 Å². The second-order valence-electron chi connectivity index (χ2n) is 3.53. The molecule has 0 aromatic rings. The lowest BCUT2D eigenvalue weighted by Crippen LogP contribution is -2.12. The number of carbonyl (C=O) groups excluding carboxylic acids is 1. The summed E-state index contributed by atoms with van der Waals surface area (Å²) in [6.07, 6.45) is 1.42. The molecule has 0 rings (SSSR count). The van der Waals surface area contributed by atoms with Crippen molar-refractivity contribution in [3.8, 4) is 0 Å². The lowest BCUT2D eigenvalue weighted by molar-refractivity contribution is -0.141. The Labute approximate surface area is 89.6 Å². The molecule has 0 aromatic heterocycles. The van der Waals surface area contributed by atoms with Crippen molar-refractivity contribution in [3.63, 3.8) is 0 Å². The maximum absolute atomic E-state index is 11.7. The zero-order valence-corrected chi connectivity index (χ0v) is 9.74. The standard InChI is InChI=1S/C10H19FO2S/c1-9(2)7-13-10(12)8-14-6-4-3-5-11/h9H,3-8H2,1-2H3. The molecule has 0 fully saturated rings. The summed E-state index contributed by atoms with van der Waals surface area (Å²) in [5.41, 5.74) is 0. The van der Waals surface area contributed by atoms with Crippen LogP contribution in [-0.4, -0.2) is 30.8 Å². The lowest BCUT2D eigenvalue weighted by Gasteiger charge is -2.06. The number of thioether (sulfide) groups is 1. The minimum absolute atomic E-state index is 0.163. The molecular formula is C10H19FO2S. The molecule has 0 bridgehead atoms. The molecule has 0 atom stereocenters. The Balaban J connectivity index is 3.18. The third kappa shape index (κ3) is 9.84. The van der Waals surface area contributed by atoms with E-state index in [-0.39, 0.29) is 12.6 Å². The first kappa shape index (κ1) is 13.8. The molecule has 0 aliphatic rings. The van der Waals surface area contributed by atoms with E-state index in [9.17, 15) is 9.18 Å². The van der Waals surface area contributed by atoms with Gasteiger partial charge in [0.25, 0.3) is 0 Å². The van der Waals surface area contributed by atoms with Gasteiger partial charge in [0.2, 0.25) is 0 Å². The van der Waals surface area contributed by atoms with Crippen molar-refractivity contribution < 1.29 is 13.9 Å². The number of ether oxygens (including phenoxy) is 1. The minimum atomic E-state index is -0.266. The maximum Gasteiger partial charge on any atom is 0.315 e.